The molecule has 0 saturated carbocycles. The number of carbonyl (C=O) groups excluding carboxylic acids is 2. The van der Waals surface area contributed by atoms with Crippen LogP contribution < -0.4 is 14.2 Å². The third kappa shape index (κ3) is 3.89. The molecule has 0 radical (unpaired) electrons. The molecular formula is C23H23NO5S. The first-order valence-electron chi connectivity index (χ1n) is 9.86. The second-order valence-electron chi connectivity index (χ2n) is 7.21. The van der Waals surface area contributed by atoms with E-state index >= 15 is 0 Å². The van der Waals surface area contributed by atoms with Crippen LogP contribution in [0.1, 0.15) is 31.9 Å². The second kappa shape index (κ2) is 8.44. The fourth-order valence-electron chi connectivity index (χ4n) is 3.40. The summed E-state index contributed by atoms with van der Waals surface area (Å²) in [5.74, 6) is 1.48. The van der Waals surface area contributed by atoms with Crippen molar-refractivity contribution in [3.63, 3.8) is 0 Å². The Morgan fingerprint density at radius 1 is 1.03 bits per heavy atom. The van der Waals surface area contributed by atoms with Crippen LogP contribution in [0.15, 0.2) is 47.4 Å². The highest BCUT2D eigenvalue weighted by Gasteiger charge is 2.39. The van der Waals surface area contributed by atoms with Crippen molar-refractivity contribution >= 4 is 29.1 Å². The number of amides is 2. The maximum atomic E-state index is 13.3. The van der Waals surface area contributed by atoms with Gasteiger partial charge in [-0.25, -0.2) is 0 Å². The molecule has 0 atom stereocenters. The molecule has 0 spiro atoms. The van der Waals surface area contributed by atoms with E-state index in [9.17, 15) is 9.59 Å². The topological polar surface area (TPSA) is 65.1 Å². The van der Waals surface area contributed by atoms with Gasteiger partial charge >= 0.3 is 0 Å². The lowest BCUT2D eigenvalue weighted by molar-refractivity contribution is -0.137. The SMILES string of the molecule is CCOc1ccc(C2=C(SC(C)C)C(=O)N(Cc3ccc4c(c3)OCO4)C2=O)cc1. The van der Waals surface area contributed by atoms with E-state index in [1.165, 1.54) is 16.7 Å². The Morgan fingerprint density at radius 2 is 1.77 bits per heavy atom. The smallest absolute Gasteiger partial charge is 0.268 e. The molecule has 2 aromatic carbocycles. The molecule has 0 aliphatic carbocycles. The van der Waals surface area contributed by atoms with Gasteiger partial charge in [-0.15, -0.1) is 11.8 Å². The van der Waals surface area contributed by atoms with Gasteiger partial charge in [0.25, 0.3) is 11.8 Å². The van der Waals surface area contributed by atoms with Gasteiger partial charge < -0.3 is 14.2 Å². The molecule has 0 unspecified atom stereocenters. The Labute approximate surface area is 179 Å². The van der Waals surface area contributed by atoms with Gasteiger partial charge in [0.05, 0.1) is 23.6 Å². The fraction of sp³-hybridized carbons (Fsp3) is 0.304. The molecule has 7 heteroatoms. The van der Waals surface area contributed by atoms with Crippen molar-refractivity contribution in [1.82, 2.24) is 4.90 Å². The summed E-state index contributed by atoms with van der Waals surface area (Å²) in [5.41, 5.74) is 1.97. The first-order valence-corrected chi connectivity index (χ1v) is 10.7. The fourth-order valence-corrected chi connectivity index (χ4v) is 4.41. The van der Waals surface area contributed by atoms with Crippen LogP contribution in [0.4, 0.5) is 0 Å². The maximum Gasteiger partial charge on any atom is 0.268 e. The summed E-state index contributed by atoms with van der Waals surface area (Å²) in [5, 5.41) is 0.167. The molecule has 4 rings (SSSR count). The van der Waals surface area contributed by atoms with Crippen molar-refractivity contribution < 1.29 is 23.8 Å². The van der Waals surface area contributed by atoms with Crippen molar-refractivity contribution in [2.75, 3.05) is 13.4 Å². The van der Waals surface area contributed by atoms with E-state index in [0.717, 1.165) is 11.3 Å². The van der Waals surface area contributed by atoms with Crippen LogP contribution in [0.5, 0.6) is 17.2 Å². The molecular weight excluding hydrogens is 402 g/mol. The lowest BCUT2D eigenvalue weighted by Crippen LogP contribution is -2.31. The highest BCUT2D eigenvalue weighted by atomic mass is 32.2. The molecule has 2 amide bonds. The van der Waals surface area contributed by atoms with Crippen molar-refractivity contribution in [2.45, 2.75) is 32.6 Å². The van der Waals surface area contributed by atoms with Gasteiger partial charge in [0.1, 0.15) is 5.75 Å². The van der Waals surface area contributed by atoms with Crippen molar-refractivity contribution in [2.24, 2.45) is 0 Å². The standard InChI is InChI=1S/C23H23NO5S/c1-4-27-17-8-6-16(7-9-17)20-21(30-14(2)3)23(26)24(22(20)25)12-15-5-10-18-19(11-15)29-13-28-18/h5-11,14H,4,12-13H2,1-3H3. The van der Waals surface area contributed by atoms with Crippen LogP contribution in [-0.4, -0.2) is 35.4 Å². The minimum Gasteiger partial charge on any atom is -0.494 e. The van der Waals surface area contributed by atoms with Gasteiger partial charge in [-0.05, 0) is 42.3 Å². The third-order valence-corrected chi connectivity index (χ3v) is 5.80. The van der Waals surface area contributed by atoms with Gasteiger partial charge in [-0.1, -0.05) is 32.0 Å². The average Bonchev–Trinajstić information content (AvgIpc) is 3.27. The summed E-state index contributed by atoms with van der Waals surface area (Å²) < 4.78 is 16.2. The van der Waals surface area contributed by atoms with Crippen LogP contribution in [-0.2, 0) is 16.1 Å². The minimum atomic E-state index is -0.287. The van der Waals surface area contributed by atoms with E-state index in [0.29, 0.717) is 34.1 Å². The summed E-state index contributed by atoms with van der Waals surface area (Å²) in [6.45, 7) is 6.85. The molecule has 2 aliphatic rings. The van der Waals surface area contributed by atoms with E-state index in [4.69, 9.17) is 14.2 Å². The Bertz CT molecular complexity index is 1010. The molecule has 6 nitrogen and oxygen atoms in total. The lowest BCUT2D eigenvalue weighted by atomic mass is 10.1. The predicted octanol–water partition coefficient (Wildman–Crippen LogP) is 4.24. The second-order valence-corrected chi connectivity index (χ2v) is 8.80. The molecule has 0 bridgehead atoms. The number of rotatable bonds is 7. The van der Waals surface area contributed by atoms with E-state index in [-0.39, 0.29) is 30.4 Å². The van der Waals surface area contributed by atoms with Crippen molar-refractivity contribution in [3.8, 4) is 17.2 Å². The van der Waals surface area contributed by atoms with Gasteiger partial charge in [-0.2, -0.15) is 0 Å². The van der Waals surface area contributed by atoms with E-state index in [1.54, 1.807) is 6.07 Å². The summed E-state index contributed by atoms with van der Waals surface area (Å²) >= 11 is 1.42. The normalized spacial score (nSPS) is 15.5. The number of thioether (sulfide) groups is 1. The van der Waals surface area contributed by atoms with Crippen LogP contribution in [0.2, 0.25) is 0 Å². The molecule has 0 N–H and O–H groups in total. The van der Waals surface area contributed by atoms with Crippen LogP contribution in [0.25, 0.3) is 5.57 Å². The van der Waals surface area contributed by atoms with Gasteiger partial charge in [0, 0.05) is 5.25 Å². The number of benzene rings is 2. The largest absolute Gasteiger partial charge is 0.494 e. The maximum absolute atomic E-state index is 13.3. The first kappa shape index (κ1) is 20.3. The van der Waals surface area contributed by atoms with Crippen molar-refractivity contribution in [3.05, 3.63) is 58.5 Å². The van der Waals surface area contributed by atoms with Crippen LogP contribution >= 0.6 is 11.8 Å². The minimum absolute atomic E-state index is 0.167. The molecule has 0 fully saturated rings. The molecule has 30 heavy (non-hydrogen) atoms. The van der Waals surface area contributed by atoms with Crippen molar-refractivity contribution in [1.29, 1.82) is 0 Å². The van der Waals surface area contributed by atoms with Gasteiger partial charge in [0.2, 0.25) is 6.79 Å². The quantitative estimate of drug-likeness (QED) is 0.619. The van der Waals surface area contributed by atoms with E-state index in [1.807, 2.05) is 57.2 Å². The van der Waals surface area contributed by atoms with Gasteiger partial charge in [0.15, 0.2) is 11.5 Å². The predicted molar refractivity (Wildman–Crippen MR) is 115 cm³/mol. The Kier molecular flexibility index (Phi) is 5.72. The highest BCUT2D eigenvalue weighted by molar-refractivity contribution is 8.04. The number of ether oxygens (including phenoxy) is 3. The summed E-state index contributed by atoms with van der Waals surface area (Å²) in [4.78, 5) is 28.3. The molecule has 2 aliphatic heterocycles. The zero-order chi connectivity index (χ0) is 21.3. The summed E-state index contributed by atoms with van der Waals surface area (Å²) in [7, 11) is 0. The Balaban J connectivity index is 1.64. The molecule has 0 saturated heterocycles. The first-order chi connectivity index (χ1) is 14.5. The number of carbonyl (C=O) groups is 2. The lowest BCUT2D eigenvalue weighted by Gasteiger charge is -2.16. The Hall–Kier alpha value is -2.93. The summed E-state index contributed by atoms with van der Waals surface area (Å²) in [6.07, 6.45) is 0. The molecule has 0 aromatic heterocycles. The van der Waals surface area contributed by atoms with E-state index in [2.05, 4.69) is 0 Å². The molecule has 2 heterocycles. The molecule has 2 aromatic rings. The van der Waals surface area contributed by atoms with Crippen LogP contribution in [0.3, 0.4) is 0 Å². The molecule has 156 valence electrons. The number of nitrogens with zero attached hydrogens (tertiary/aromatic N) is 1. The monoisotopic (exact) mass is 425 g/mol. The zero-order valence-electron chi connectivity index (χ0n) is 17.1. The number of fused-ring (bicyclic) bond motifs is 1. The average molecular weight is 426 g/mol. The van der Waals surface area contributed by atoms with Crippen LogP contribution in [0, 0.1) is 0 Å². The highest BCUT2D eigenvalue weighted by Crippen LogP contribution is 2.39. The third-order valence-electron chi connectivity index (χ3n) is 4.71. The number of hydrogen-bond donors (Lipinski definition) is 0. The Morgan fingerprint density at radius 3 is 2.47 bits per heavy atom. The number of imide groups is 1. The number of hydrogen-bond acceptors (Lipinski definition) is 6. The van der Waals surface area contributed by atoms with E-state index < -0.39 is 0 Å². The summed E-state index contributed by atoms with van der Waals surface area (Å²) in [6, 6.07) is 12.8. The zero-order valence-corrected chi connectivity index (χ0v) is 18.0. The van der Waals surface area contributed by atoms with Gasteiger partial charge in [-0.3, -0.25) is 14.5 Å².